The van der Waals surface area contributed by atoms with E-state index in [9.17, 15) is 13.2 Å². The molecule has 1 fully saturated rings. The first-order valence-electron chi connectivity index (χ1n) is 7.66. The lowest BCUT2D eigenvalue weighted by molar-refractivity contribution is 0.0665. The topological polar surface area (TPSA) is 67.6 Å². The van der Waals surface area contributed by atoms with Crippen molar-refractivity contribution in [3.05, 3.63) is 58.0 Å². The number of carbonyl (C=O) groups is 1. The summed E-state index contributed by atoms with van der Waals surface area (Å²) >= 11 is 3.25. The van der Waals surface area contributed by atoms with E-state index < -0.39 is 9.84 Å². The number of benzene rings is 1. The van der Waals surface area contributed by atoms with Crippen molar-refractivity contribution in [1.82, 2.24) is 4.90 Å². The molecule has 0 saturated carbocycles. The second kappa shape index (κ2) is 6.72. The maximum absolute atomic E-state index is 13.0. The molecule has 1 unspecified atom stereocenters. The minimum absolute atomic E-state index is 0.00638. The Hall–Kier alpha value is -1.60. The van der Waals surface area contributed by atoms with Gasteiger partial charge in [0.2, 0.25) is 0 Å². The average Bonchev–Trinajstić information content (AvgIpc) is 3.09. The van der Waals surface area contributed by atoms with E-state index in [0.717, 1.165) is 5.56 Å². The zero-order chi connectivity index (χ0) is 17.3. The molecule has 1 aromatic carbocycles. The molecule has 0 N–H and O–H groups in total. The van der Waals surface area contributed by atoms with Gasteiger partial charge in [0.1, 0.15) is 5.76 Å². The Bertz CT molecular complexity index is 859. The van der Waals surface area contributed by atoms with Crippen molar-refractivity contribution in [3.8, 4) is 0 Å². The van der Waals surface area contributed by atoms with Crippen LogP contribution in [-0.4, -0.2) is 36.8 Å². The molecule has 1 amide bonds. The van der Waals surface area contributed by atoms with Gasteiger partial charge < -0.3 is 9.32 Å². The van der Waals surface area contributed by atoms with E-state index in [1.54, 1.807) is 23.1 Å². The normalized spacial score (nSPS) is 19.3. The zero-order valence-corrected chi connectivity index (χ0v) is 15.6. The number of furan rings is 1. The van der Waals surface area contributed by atoms with Crippen molar-refractivity contribution in [2.24, 2.45) is 0 Å². The summed E-state index contributed by atoms with van der Waals surface area (Å²) < 4.78 is 29.8. The van der Waals surface area contributed by atoms with Crippen LogP contribution >= 0.6 is 15.9 Å². The third kappa shape index (κ3) is 3.89. The number of aryl methyl sites for hydroxylation is 1. The largest absolute Gasteiger partial charge is 0.452 e. The Morgan fingerprint density at radius 1 is 1.33 bits per heavy atom. The van der Waals surface area contributed by atoms with Crippen LogP contribution in [0.2, 0.25) is 0 Å². The quantitative estimate of drug-likeness (QED) is 0.774. The highest BCUT2D eigenvalue weighted by molar-refractivity contribution is 9.10. The number of sulfone groups is 1. The van der Waals surface area contributed by atoms with E-state index in [-0.39, 0.29) is 30.0 Å². The lowest BCUT2D eigenvalue weighted by atomic mass is 10.1. The van der Waals surface area contributed by atoms with Crippen LogP contribution in [0.3, 0.4) is 0 Å². The van der Waals surface area contributed by atoms with Crippen molar-refractivity contribution in [3.63, 3.8) is 0 Å². The maximum Gasteiger partial charge on any atom is 0.254 e. The Morgan fingerprint density at radius 3 is 2.71 bits per heavy atom. The van der Waals surface area contributed by atoms with Crippen LogP contribution in [0.1, 0.15) is 28.1 Å². The summed E-state index contributed by atoms with van der Waals surface area (Å²) in [6, 6.07) is 10.5. The summed E-state index contributed by atoms with van der Waals surface area (Å²) in [6.45, 7) is 2.17. The Labute approximate surface area is 149 Å². The molecule has 1 aliphatic rings. The Balaban J connectivity index is 1.90. The van der Waals surface area contributed by atoms with E-state index in [2.05, 4.69) is 15.9 Å². The molecule has 0 bridgehead atoms. The van der Waals surface area contributed by atoms with Gasteiger partial charge in [-0.25, -0.2) is 8.42 Å². The Morgan fingerprint density at radius 2 is 2.12 bits per heavy atom. The number of hydrogen-bond acceptors (Lipinski definition) is 4. The third-order valence-corrected chi connectivity index (χ3v) is 6.31. The fourth-order valence-electron chi connectivity index (χ4n) is 2.94. The molecule has 2 heterocycles. The van der Waals surface area contributed by atoms with Crippen LogP contribution in [-0.2, 0) is 16.4 Å². The number of amides is 1. The third-order valence-electron chi connectivity index (χ3n) is 4.13. The first-order chi connectivity index (χ1) is 11.3. The molecule has 0 spiro atoms. The second-order valence-corrected chi connectivity index (χ2v) is 9.08. The van der Waals surface area contributed by atoms with E-state index in [1.807, 2.05) is 25.1 Å². The molecule has 1 aliphatic heterocycles. The summed E-state index contributed by atoms with van der Waals surface area (Å²) in [7, 11) is -3.09. The monoisotopic (exact) mass is 411 g/mol. The molecule has 0 aliphatic carbocycles. The predicted molar refractivity (Wildman–Crippen MR) is 94.5 cm³/mol. The van der Waals surface area contributed by atoms with Crippen LogP contribution < -0.4 is 0 Å². The molecule has 24 heavy (non-hydrogen) atoms. The van der Waals surface area contributed by atoms with Gasteiger partial charge in [-0.1, -0.05) is 17.7 Å². The lowest BCUT2D eigenvalue weighted by Gasteiger charge is -2.27. The molecule has 128 valence electrons. The lowest BCUT2D eigenvalue weighted by Crippen LogP contribution is -2.40. The number of rotatable bonds is 4. The average molecular weight is 412 g/mol. The highest BCUT2D eigenvalue weighted by Gasteiger charge is 2.35. The van der Waals surface area contributed by atoms with Gasteiger partial charge in [0.15, 0.2) is 14.5 Å². The molecule has 5 nitrogen and oxygen atoms in total. The highest BCUT2D eigenvalue weighted by atomic mass is 79.9. The van der Waals surface area contributed by atoms with Crippen LogP contribution in [0.4, 0.5) is 0 Å². The zero-order valence-electron chi connectivity index (χ0n) is 13.2. The molecule has 1 saturated heterocycles. The number of nitrogens with zero attached hydrogens (tertiary/aromatic N) is 1. The molecular weight excluding hydrogens is 394 g/mol. The first kappa shape index (κ1) is 17.2. The van der Waals surface area contributed by atoms with Crippen LogP contribution in [0.5, 0.6) is 0 Å². The minimum atomic E-state index is -3.09. The summed E-state index contributed by atoms with van der Waals surface area (Å²) in [4.78, 5) is 14.6. The summed E-state index contributed by atoms with van der Waals surface area (Å²) in [5.41, 5.74) is 1.55. The molecular formula is C17H18BrNO4S. The summed E-state index contributed by atoms with van der Waals surface area (Å²) in [5.74, 6) is 0.573. The van der Waals surface area contributed by atoms with Crippen LogP contribution in [0, 0.1) is 6.92 Å². The fourth-order valence-corrected chi connectivity index (χ4v) is 5.01. The molecule has 2 aromatic rings. The molecule has 0 radical (unpaired) electrons. The fraction of sp³-hybridized carbons (Fsp3) is 0.353. The number of halogens is 1. The number of hydrogen-bond donors (Lipinski definition) is 0. The van der Waals surface area contributed by atoms with Crippen molar-refractivity contribution in [2.45, 2.75) is 25.9 Å². The van der Waals surface area contributed by atoms with Gasteiger partial charge >= 0.3 is 0 Å². The van der Waals surface area contributed by atoms with E-state index in [0.29, 0.717) is 22.4 Å². The van der Waals surface area contributed by atoms with Gasteiger partial charge in [-0.3, -0.25) is 4.79 Å². The van der Waals surface area contributed by atoms with E-state index >= 15 is 0 Å². The molecule has 3 rings (SSSR count). The van der Waals surface area contributed by atoms with Gasteiger partial charge in [-0.2, -0.15) is 0 Å². The van der Waals surface area contributed by atoms with Crippen molar-refractivity contribution < 1.29 is 17.6 Å². The minimum Gasteiger partial charge on any atom is -0.452 e. The maximum atomic E-state index is 13.0. The smallest absolute Gasteiger partial charge is 0.254 e. The van der Waals surface area contributed by atoms with Gasteiger partial charge in [0, 0.05) is 11.6 Å². The van der Waals surface area contributed by atoms with E-state index in [1.165, 1.54) is 0 Å². The predicted octanol–water partition coefficient (Wildman–Crippen LogP) is 3.18. The van der Waals surface area contributed by atoms with Crippen molar-refractivity contribution >= 4 is 31.7 Å². The molecule has 1 aromatic heterocycles. The Kier molecular flexibility index (Phi) is 4.83. The SMILES string of the molecule is Cc1cccc(C(=O)N(Cc2ccc(Br)o2)C2CCS(=O)(=O)C2)c1. The van der Waals surface area contributed by atoms with Gasteiger partial charge in [0.25, 0.3) is 5.91 Å². The van der Waals surface area contributed by atoms with Gasteiger partial charge in [-0.15, -0.1) is 0 Å². The van der Waals surface area contributed by atoms with Crippen molar-refractivity contribution in [2.75, 3.05) is 11.5 Å². The standard InChI is InChI=1S/C17H18BrNO4S/c1-12-3-2-4-13(9-12)17(20)19(10-15-5-6-16(18)23-15)14-7-8-24(21,22)11-14/h2-6,9,14H,7-8,10-11H2,1H3. The highest BCUT2D eigenvalue weighted by Crippen LogP contribution is 2.24. The van der Waals surface area contributed by atoms with Gasteiger partial charge in [-0.05, 0) is 53.5 Å². The van der Waals surface area contributed by atoms with Crippen molar-refractivity contribution in [1.29, 1.82) is 0 Å². The van der Waals surface area contributed by atoms with Crippen LogP contribution in [0.15, 0.2) is 45.5 Å². The summed E-state index contributed by atoms with van der Waals surface area (Å²) in [6.07, 6.45) is 0.460. The van der Waals surface area contributed by atoms with Gasteiger partial charge in [0.05, 0.1) is 18.1 Å². The molecule has 7 heteroatoms. The molecule has 1 atom stereocenters. The van der Waals surface area contributed by atoms with E-state index in [4.69, 9.17) is 4.42 Å². The first-order valence-corrected chi connectivity index (χ1v) is 10.3. The second-order valence-electron chi connectivity index (χ2n) is 6.07. The summed E-state index contributed by atoms with van der Waals surface area (Å²) in [5, 5.41) is 0. The van der Waals surface area contributed by atoms with Crippen LogP contribution in [0.25, 0.3) is 0 Å². The number of carbonyl (C=O) groups excluding carboxylic acids is 1.